The molecule has 7 rings (SSSR count). The standard InChI is InChI=1S/C38H32Cl2N2O6S/c39-17-23-19-41(31-11-21(13-35(45)46)27-5-1-3-7-29(27)37(23)31)33(43)15-25-9-10-26(49-25)16-34(44)42-20-24(18-40)38-30-8-4-2-6-28(30)22(12-32(38)42)14-36(47)48/h1-12,23-24H,13-20H2,(H,45,46)(H,47,48)/t23-,24-/m1/s1. The van der Waals surface area contributed by atoms with Gasteiger partial charge in [0.1, 0.15) is 0 Å². The molecule has 0 bridgehead atoms. The number of hydrogen-bond acceptors (Lipinski definition) is 5. The molecule has 250 valence electrons. The first-order valence-corrected chi connectivity index (χ1v) is 17.9. The van der Waals surface area contributed by atoms with E-state index in [4.69, 9.17) is 23.2 Å². The molecule has 0 aliphatic carbocycles. The summed E-state index contributed by atoms with van der Waals surface area (Å²) < 4.78 is 0. The molecule has 3 heterocycles. The van der Waals surface area contributed by atoms with Crippen molar-refractivity contribution >= 4 is 91.2 Å². The van der Waals surface area contributed by atoms with Crippen LogP contribution in [0.15, 0.2) is 72.8 Å². The van der Waals surface area contributed by atoms with Crippen molar-refractivity contribution < 1.29 is 29.4 Å². The lowest BCUT2D eigenvalue weighted by molar-refractivity contribution is -0.137. The van der Waals surface area contributed by atoms with Gasteiger partial charge in [-0.3, -0.25) is 19.2 Å². The zero-order valence-corrected chi connectivity index (χ0v) is 28.7. The Balaban J connectivity index is 1.12. The Bertz CT molecular complexity index is 2010. The van der Waals surface area contributed by atoms with E-state index in [1.165, 1.54) is 11.3 Å². The first-order chi connectivity index (χ1) is 23.7. The van der Waals surface area contributed by atoms with E-state index in [1.54, 1.807) is 9.80 Å². The predicted molar refractivity (Wildman–Crippen MR) is 194 cm³/mol. The molecular weight excluding hydrogens is 683 g/mol. The molecule has 2 atom stereocenters. The van der Waals surface area contributed by atoms with Crippen molar-refractivity contribution in [2.24, 2.45) is 0 Å². The Morgan fingerprint density at radius 3 is 1.37 bits per heavy atom. The normalized spacial score (nSPS) is 16.7. The van der Waals surface area contributed by atoms with Crippen molar-refractivity contribution in [3.8, 4) is 0 Å². The average Bonchev–Trinajstić information content (AvgIpc) is 3.79. The van der Waals surface area contributed by atoms with Gasteiger partial charge in [-0.1, -0.05) is 48.5 Å². The molecule has 0 saturated heterocycles. The maximum absolute atomic E-state index is 13.8. The molecule has 0 radical (unpaired) electrons. The van der Waals surface area contributed by atoms with E-state index in [-0.39, 0.29) is 49.3 Å². The number of carbonyl (C=O) groups excluding carboxylic acids is 2. The van der Waals surface area contributed by atoms with Gasteiger partial charge in [-0.05, 0) is 68.1 Å². The number of benzene rings is 4. The van der Waals surface area contributed by atoms with Crippen molar-refractivity contribution in [1.29, 1.82) is 0 Å². The Hall–Kier alpha value is -4.44. The number of fused-ring (bicyclic) bond motifs is 6. The fourth-order valence-corrected chi connectivity index (χ4v) is 8.99. The molecule has 2 aliphatic rings. The Kier molecular flexibility index (Phi) is 9.09. The van der Waals surface area contributed by atoms with Crippen molar-refractivity contribution in [2.75, 3.05) is 34.6 Å². The topological polar surface area (TPSA) is 115 Å². The molecular formula is C38H32Cl2N2O6S. The number of nitrogens with zero attached hydrogens (tertiary/aromatic N) is 2. The third kappa shape index (κ3) is 6.16. The minimum absolute atomic E-state index is 0.0887. The van der Waals surface area contributed by atoms with Crippen LogP contribution < -0.4 is 9.80 Å². The number of thiophene rings is 1. The summed E-state index contributed by atoms with van der Waals surface area (Å²) in [6.45, 7) is 0.813. The maximum atomic E-state index is 13.8. The number of carboxylic acids is 2. The molecule has 0 fully saturated rings. The van der Waals surface area contributed by atoms with Gasteiger partial charge >= 0.3 is 11.9 Å². The van der Waals surface area contributed by atoms with E-state index in [1.807, 2.05) is 72.8 Å². The van der Waals surface area contributed by atoms with Crippen LogP contribution in [0.25, 0.3) is 21.5 Å². The van der Waals surface area contributed by atoms with Gasteiger partial charge in [-0.15, -0.1) is 34.5 Å². The molecule has 4 aromatic carbocycles. The van der Waals surface area contributed by atoms with Crippen LogP contribution >= 0.6 is 34.5 Å². The van der Waals surface area contributed by atoms with Gasteiger partial charge in [0.15, 0.2) is 0 Å². The van der Waals surface area contributed by atoms with Crippen molar-refractivity contribution in [1.82, 2.24) is 0 Å². The zero-order valence-electron chi connectivity index (χ0n) is 26.3. The number of hydrogen-bond donors (Lipinski definition) is 2. The second kappa shape index (κ2) is 13.5. The molecule has 2 amide bonds. The number of rotatable bonds is 10. The van der Waals surface area contributed by atoms with E-state index < -0.39 is 11.9 Å². The van der Waals surface area contributed by atoms with Gasteiger partial charge < -0.3 is 20.0 Å². The van der Waals surface area contributed by atoms with Crippen molar-refractivity contribution in [3.05, 3.63) is 105 Å². The minimum atomic E-state index is -0.944. The van der Waals surface area contributed by atoms with Gasteiger partial charge in [0, 0.05) is 57.8 Å². The summed E-state index contributed by atoms with van der Waals surface area (Å²) >= 11 is 14.2. The summed E-state index contributed by atoms with van der Waals surface area (Å²) in [5, 5.41) is 22.7. The van der Waals surface area contributed by atoms with Crippen molar-refractivity contribution in [3.63, 3.8) is 0 Å². The van der Waals surface area contributed by atoms with Crippen LogP contribution in [0.3, 0.4) is 0 Å². The van der Waals surface area contributed by atoms with Crippen LogP contribution in [0, 0.1) is 0 Å². The molecule has 0 spiro atoms. The largest absolute Gasteiger partial charge is 0.481 e. The Morgan fingerprint density at radius 1 is 0.612 bits per heavy atom. The van der Waals surface area contributed by atoms with Gasteiger partial charge in [-0.2, -0.15) is 0 Å². The summed E-state index contributed by atoms with van der Waals surface area (Å²) in [5.41, 5.74) is 4.63. The van der Waals surface area contributed by atoms with E-state index in [2.05, 4.69) is 0 Å². The van der Waals surface area contributed by atoms with E-state index in [0.29, 0.717) is 47.4 Å². The lowest BCUT2D eigenvalue weighted by Crippen LogP contribution is -2.31. The Morgan fingerprint density at radius 2 is 1.00 bits per heavy atom. The van der Waals surface area contributed by atoms with Gasteiger partial charge in [0.25, 0.3) is 0 Å². The maximum Gasteiger partial charge on any atom is 0.307 e. The van der Waals surface area contributed by atoms with Gasteiger partial charge in [0.05, 0.1) is 25.7 Å². The predicted octanol–water partition coefficient (Wildman–Crippen LogP) is 7.13. The lowest BCUT2D eigenvalue weighted by atomic mass is 9.92. The summed E-state index contributed by atoms with van der Waals surface area (Å²) in [6.07, 6.45) is -0.0680. The highest BCUT2D eigenvalue weighted by molar-refractivity contribution is 7.12. The molecule has 0 unspecified atom stereocenters. The number of aliphatic carboxylic acids is 2. The molecule has 8 nitrogen and oxygen atoms in total. The van der Waals surface area contributed by atoms with Crippen LogP contribution in [-0.4, -0.2) is 58.8 Å². The van der Waals surface area contributed by atoms with Crippen LogP contribution in [0.1, 0.15) is 43.8 Å². The monoisotopic (exact) mass is 714 g/mol. The Labute approximate surface area is 296 Å². The summed E-state index contributed by atoms with van der Waals surface area (Å²) in [6, 6.07) is 22.7. The number of alkyl halides is 2. The SMILES string of the molecule is O=C(O)Cc1cc2c(c3ccccc13)[C@H](CCl)CN2C(=O)Cc1ccc(CC(=O)N2C[C@@H](CCl)c3c2cc(CC(=O)O)c2ccccc32)s1. The highest BCUT2D eigenvalue weighted by atomic mass is 35.5. The van der Waals surface area contributed by atoms with Crippen LogP contribution in [0.2, 0.25) is 0 Å². The number of carboxylic acid groups (broad SMARTS) is 2. The van der Waals surface area contributed by atoms with Crippen LogP contribution in [0.4, 0.5) is 11.4 Å². The van der Waals surface area contributed by atoms with Crippen LogP contribution in [0.5, 0.6) is 0 Å². The molecule has 11 heteroatoms. The second-order valence-corrected chi connectivity index (χ2v) is 14.5. The highest BCUT2D eigenvalue weighted by Gasteiger charge is 2.36. The fraction of sp³-hybridized carbons (Fsp3) is 0.263. The minimum Gasteiger partial charge on any atom is -0.481 e. The van der Waals surface area contributed by atoms with Gasteiger partial charge in [-0.25, -0.2) is 0 Å². The van der Waals surface area contributed by atoms with E-state index in [0.717, 1.165) is 42.4 Å². The second-order valence-electron chi connectivity index (χ2n) is 12.6. The first kappa shape index (κ1) is 33.1. The summed E-state index contributed by atoms with van der Waals surface area (Å²) in [7, 11) is 0. The molecule has 5 aromatic rings. The van der Waals surface area contributed by atoms with Crippen LogP contribution in [-0.2, 0) is 44.9 Å². The van der Waals surface area contributed by atoms with Gasteiger partial charge in [0.2, 0.25) is 11.8 Å². The number of halogens is 2. The zero-order chi connectivity index (χ0) is 34.4. The van der Waals surface area contributed by atoms with E-state index in [9.17, 15) is 29.4 Å². The quantitative estimate of drug-likeness (QED) is 0.149. The van der Waals surface area contributed by atoms with Crippen molar-refractivity contribution in [2.45, 2.75) is 37.5 Å². The number of amides is 2. The number of anilines is 2. The molecule has 2 N–H and O–H groups in total. The smallest absolute Gasteiger partial charge is 0.307 e. The van der Waals surface area contributed by atoms with E-state index >= 15 is 0 Å². The molecule has 2 aliphatic heterocycles. The third-order valence-electron chi connectivity index (χ3n) is 9.53. The summed E-state index contributed by atoms with van der Waals surface area (Å²) in [4.78, 5) is 56.1. The molecule has 49 heavy (non-hydrogen) atoms. The molecule has 0 saturated carbocycles. The first-order valence-electron chi connectivity index (χ1n) is 16.0. The third-order valence-corrected chi connectivity index (χ3v) is 11.4. The highest BCUT2D eigenvalue weighted by Crippen LogP contribution is 2.45. The fourth-order valence-electron chi connectivity index (χ4n) is 7.48. The molecule has 1 aromatic heterocycles. The average molecular weight is 716 g/mol. The lowest BCUT2D eigenvalue weighted by Gasteiger charge is -2.19. The number of carbonyl (C=O) groups is 4. The summed E-state index contributed by atoms with van der Waals surface area (Å²) in [5.74, 6) is -1.67.